The van der Waals surface area contributed by atoms with Gasteiger partial charge in [-0.1, -0.05) is 12.8 Å². The first-order valence-electron chi connectivity index (χ1n) is 6.38. The number of methoxy groups -OCH3 is 1. The Morgan fingerprint density at radius 2 is 2.33 bits per heavy atom. The lowest BCUT2D eigenvalue weighted by atomic mass is 9.92. The maximum atomic E-state index is 11.3. The van der Waals surface area contributed by atoms with Gasteiger partial charge in [0, 0.05) is 18.8 Å². The number of rotatable bonds is 4. The first-order valence-corrected chi connectivity index (χ1v) is 6.38. The fourth-order valence-electron chi connectivity index (χ4n) is 2.37. The number of esters is 1. The smallest absolute Gasteiger partial charge is 0.354 e. The topological polar surface area (TPSA) is 74.3 Å². The van der Waals surface area contributed by atoms with Gasteiger partial charge in [-0.05, 0) is 24.5 Å². The van der Waals surface area contributed by atoms with Gasteiger partial charge in [-0.3, -0.25) is 0 Å². The fraction of sp³-hybridized carbons (Fsp3) is 0.615. The second kappa shape index (κ2) is 6.02. The highest BCUT2D eigenvalue weighted by Gasteiger charge is 2.22. The molecule has 0 radical (unpaired) electrons. The zero-order chi connectivity index (χ0) is 13.0. The van der Waals surface area contributed by atoms with Gasteiger partial charge in [0.15, 0.2) is 0 Å². The molecule has 2 atom stereocenters. The third kappa shape index (κ3) is 3.11. The first-order chi connectivity index (χ1) is 8.70. The summed E-state index contributed by atoms with van der Waals surface area (Å²) in [5.41, 5.74) is 1.45. The molecule has 0 aromatic carbocycles. The molecule has 1 aliphatic carbocycles. The quantitative estimate of drug-likeness (QED) is 0.704. The molecule has 0 spiro atoms. The van der Waals surface area contributed by atoms with Gasteiger partial charge in [0.1, 0.15) is 5.69 Å². The molecule has 0 bridgehead atoms. The van der Waals surface area contributed by atoms with Gasteiger partial charge in [0.25, 0.3) is 0 Å². The zero-order valence-electron chi connectivity index (χ0n) is 10.6. The number of carbonyl (C=O) groups excluding carboxylic acids is 1. The van der Waals surface area contributed by atoms with Gasteiger partial charge >= 0.3 is 5.97 Å². The van der Waals surface area contributed by atoms with E-state index in [1.807, 2.05) is 0 Å². The summed E-state index contributed by atoms with van der Waals surface area (Å²) in [6, 6.07) is 1.93. The van der Waals surface area contributed by atoms with Crippen molar-refractivity contribution < 1.29 is 14.6 Å². The van der Waals surface area contributed by atoms with Crippen LogP contribution in [0.2, 0.25) is 0 Å². The fourth-order valence-corrected chi connectivity index (χ4v) is 2.37. The Balaban J connectivity index is 1.86. The summed E-state index contributed by atoms with van der Waals surface area (Å²) >= 11 is 0. The van der Waals surface area contributed by atoms with Crippen LogP contribution in [0.4, 0.5) is 0 Å². The Morgan fingerprint density at radius 3 is 3.06 bits per heavy atom. The molecule has 3 N–H and O–H groups in total. The third-order valence-corrected chi connectivity index (χ3v) is 3.45. The summed E-state index contributed by atoms with van der Waals surface area (Å²) in [4.78, 5) is 14.1. The molecule has 1 aliphatic rings. The van der Waals surface area contributed by atoms with Crippen molar-refractivity contribution in [3.8, 4) is 0 Å². The van der Waals surface area contributed by atoms with Crippen molar-refractivity contribution in [1.82, 2.24) is 10.3 Å². The van der Waals surface area contributed by atoms with E-state index in [0.717, 1.165) is 31.2 Å². The molecular weight excluding hydrogens is 232 g/mol. The number of ether oxygens (including phenoxy) is 1. The van der Waals surface area contributed by atoms with Crippen LogP contribution in [0.25, 0.3) is 0 Å². The molecule has 2 unspecified atom stereocenters. The van der Waals surface area contributed by atoms with Crippen LogP contribution in [-0.4, -0.2) is 35.3 Å². The lowest BCUT2D eigenvalue weighted by Gasteiger charge is -2.28. The molecule has 5 nitrogen and oxygen atoms in total. The summed E-state index contributed by atoms with van der Waals surface area (Å²) in [6.45, 7) is 0.648. The van der Waals surface area contributed by atoms with Crippen molar-refractivity contribution in [2.75, 3.05) is 7.11 Å². The van der Waals surface area contributed by atoms with Gasteiger partial charge in [-0.25, -0.2) is 4.79 Å². The zero-order valence-corrected chi connectivity index (χ0v) is 10.6. The molecule has 0 amide bonds. The van der Waals surface area contributed by atoms with Crippen molar-refractivity contribution in [3.05, 3.63) is 23.5 Å². The van der Waals surface area contributed by atoms with Crippen LogP contribution in [0.3, 0.4) is 0 Å². The van der Waals surface area contributed by atoms with Crippen molar-refractivity contribution in [2.24, 2.45) is 0 Å². The highest BCUT2D eigenvalue weighted by Crippen LogP contribution is 2.18. The molecule has 18 heavy (non-hydrogen) atoms. The maximum absolute atomic E-state index is 11.3. The van der Waals surface area contributed by atoms with Gasteiger partial charge in [0.05, 0.1) is 13.2 Å². The van der Waals surface area contributed by atoms with Crippen molar-refractivity contribution >= 4 is 5.97 Å². The molecule has 1 saturated carbocycles. The highest BCUT2D eigenvalue weighted by molar-refractivity contribution is 5.87. The number of hydrogen-bond donors (Lipinski definition) is 3. The molecule has 1 fully saturated rings. The Labute approximate surface area is 107 Å². The molecule has 1 aromatic heterocycles. The molecule has 0 saturated heterocycles. The lowest BCUT2D eigenvalue weighted by molar-refractivity contribution is 0.0594. The number of H-pyrrole nitrogens is 1. The second-order valence-corrected chi connectivity index (χ2v) is 4.75. The van der Waals surface area contributed by atoms with Gasteiger partial charge in [0.2, 0.25) is 0 Å². The average molecular weight is 252 g/mol. The number of aliphatic hydroxyl groups is 1. The molecule has 100 valence electrons. The molecule has 1 aromatic rings. The molecule has 0 aliphatic heterocycles. The van der Waals surface area contributed by atoms with E-state index in [9.17, 15) is 9.90 Å². The monoisotopic (exact) mass is 252 g/mol. The molecule has 2 rings (SSSR count). The number of aliphatic hydroxyl groups excluding tert-OH is 1. The minimum absolute atomic E-state index is 0.162. The third-order valence-electron chi connectivity index (χ3n) is 3.45. The van der Waals surface area contributed by atoms with Gasteiger partial charge in [-0.15, -0.1) is 0 Å². The summed E-state index contributed by atoms with van der Waals surface area (Å²) in [7, 11) is 1.36. The second-order valence-electron chi connectivity index (χ2n) is 4.75. The Kier molecular flexibility index (Phi) is 4.38. The van der Waals surface area contributed by atoms with Crippen LogP contribution in [0.5, 0.6) is 0 Å². The Bertz CT molecular complexity index is 403. The van der Waals surface area contributed by atoms with E-state index < -0.39 is 0 Å². The van der Waals surface area contributed by atoms with E-state index in [2.05, 4.69) is 15.0 Å². The molecule has 1 heterocycles. The van der Waals surface area contributed by atoms with Gasteiger partial charge in [-0.2, -0.15) is 0 Å². The number of hydrogen-bond acceptors (Lipinski definition) is 4. The molecular formula is C13H20N2O3. The number of carbonyl (C=O) groups is 1. The van der Waals surface area contributed by atoms with E-state index in [0.29, 0.717) is 12.2 Å². The predicted octanol–water partition coefficient (Wildman–Crippen LogP) is 1.19. The van der Waals surface area contributed by atoms with Crippen LogP contribution < -0.4 is 5.32 Å². The predicted molar refractivity (Wildman–Crippen MR) is 67.2 cm³/mol. The van der Waals surface area contributed by atoms with Gasteiger partial charge < -0.3 is 20.1 Å². The number of nitrogens with one attached hydrogen (secondary N) is 2. The van der Waals surface area contributed by atoms with E-state index in [-0.39, 0.29) is 18.1 Å². The standard InChI is InChI=1S/C13H20N2O3/c1-18-13(17)11-6-9(8-15-11)7-14-10-4-2-3-5-12(10)16/h6,8,10,12,14-16H,2-5,7H2,1H3. The van der Waals surface area contributed by atoms with Crippen molar-refractivity contribution in [3.63, 3.8) is 0 Å². The first kappa shape index (κ1) is 13.1. The minimum Gasteiger partial charge on any atom is -0.464 e. The van der Waals surface area contributed by atoms with Crippen LogP contribution in [0.1, 0.15) is 41.7 Å². The van der Waals surface area contributed by atoms with E-state index >= 15 is 0 Å². The van der Waals surface area contributed by atoms with Crippen LogP contribution in [0, 0.1) is 0 Å². The van der Waals surface area contributed by atoms with Crippen LogP contribution in [-0.2, 0) is 11.3 Å². The number of aromatic nitrogens is 1. The summed E-state index contributed by atoms with van der Waals surface area (Å²) < 4.78 is 4.63. The summed E-state index contributed by atoms with van der Waals surface area (Å²) in [5, 5.41) is 13.2. The van der Waals surface area contributed by atoms with Crippen LogP contribution >= 0.6 is 0 Å². The minimum atomic E-state index is -0.362. The summed E-state index contributed by atoms with van der Waals surface area (Å²) in [6.07, 6.45) is 5.69. The normalized spacial score (nSPS) is 23.9. The number of aromatic amines is 1. The SMILES string of the molecule is COC(=O)c1cc(CNC2CCCCC2O)c[nH]1. The Morgan fingerprint density at radius 1 is 1.56 bits per heavy atom. The van der Waals surface area contributed by atoms with Crippen molar-refractivity contribution in [2.45, 2.75) is 44.4 Å². The lowest BCUT2D eigenvalue weighted by Crippen LogP contribution is -2.41. The maximum Gasteiger partial charge on any atom is 0.354 e. The summed E-state index contributed by atoms with van der Waals surface area (Å²) in [5.74, 6) is -0.362. The average Bonchev–Trinajstić information content (AvgIpc) is 2.86. The van der Waals surface area contributed by atoms with E-state index in [4.69, 9.17) is 0 Å². The Hall–Kier alpha value is -1.33. The largest absolute Gasteiger partial charge is 0.464 e. The van der Waals surface area contributed by atoms with Crippen molar-refractivity contribution in [1.29, 1.82) is 0 Å². The van der Waals surface area contributed by atoms with Crippen LogP contribution in [0.15, 0.2) is 12.3 Å². The van der Waals surface area contributed by atoms with E-state index in [1.54, 1.807) is 12.3 Å². The van der Waals surface area contributed by atoms with E-state index in [1.165, 1.54) is 7.11 Å². The highest BCUT2D eigenvalue weighted by atomic mass is 16.5. The molecule has 5 heteroatoms.